The largest absolute Gasteiger partial charge is 0.312 e. The monoisotopic (exact) mass is 267 g/mol. The summed E-state index contributed by atoms with van der Waals surface area (Å²) in [5.74, 6) is 0. The highest BCUT2D eigenvalue weighted by atomic mass is 14.9. The lowest BCUT2D eigenvalue weighted by molar-refractivity contribution is 0.287. The Bertz CT molecular complexity index is 500. The van der Waals surface area contributed by atoms with Crippen molar-refractivity contribution in [2.45, 2.75) is 38.1 Å². The van der Waals surface area contributed by atoms with Crippen LogP contribution in [-0.2, 0) is 5.41 Å². The molecule has 0 aromatic heterocycles. The Labute approximate surface area is 123 Å². The number of rotatable bonds is 6. The van der Waals surface area contributed by atoms with Gasteiger partial charge in [-0.05, 0) is 31.0 Å². The number of likely N-dealkylation sites (N-methyl/N-ethyl adjacent to an activating group) is 1. The van der Waals surface area contributed by atoms with Gasteiger partial charge < -0.3 is 5.32 Å². The summed E-state index contributed by atoms with van der Waals surface area (Å²) >= 11 is 0. The van der Waals surface area contributed by atoms with Crippen LogP contribution in [0.2, 0.25) is 0 Å². The summed E-state index contributed by atoms with van der Waals surface area (Å²) in [5, 5.41) is 3.56. The summed E-state index contributed by atoms with van der Waals surface area (Å²) < 4.78 is 0. The molecule has 1 N–H and O–H groups in total. The van der Waals surface area contributed by atoms with Gasteiger partial charge in [-0.3, -0.25) is 0 Å². The molecule has 1 atom stereocenters. The average Bonchev–Trinajstić information content (AvgIpc) is 2.54. The summed E-state index contributed by atoms with van der Waals surface area (Å²) in [6.45, 7) is 4.59. The van der Waals surface area contributed by atoms with Crippen LogP contribution in [0.5, 0.6) is 0 Å². The molecule has 0 saturated carbocycles. The molecule has 1 unspecified atom stereocenters. The van der Waals surface area contributed by atoms with Crippen molar-refractivity contribution in [3.63, 3.8) is 0 Å². The topological polar surface area (TPSA) is 12.0 Å². The highest BCUT2D eigenvalue weighted by Crippen LogP contribution is 2.42. The van der Waals surface area contributed by atoms with E-state index in [1.807, 2.05) is 0 Å². The van der Waals surface area contributed by atoms with Crippen LogP contribution in [0.3, 0.4) is 0 Å². The number of hydrogen-bond acceptors (Lipinski definition) is 1. The molecule has 0 heterocycles. The summed E-state index contributed by atoms with van der Waals surface area (Å²) in [5.41, 5.74) is 2.92. The van der Waals surface area contributed by atoms with Crippen LogP contribution in [0.1, 0.15) is 43.9 Å². The lowest BCUT2D eigenvalue weighted by Crippen LogP contribution is -2.39. The maximum Gasteiger partial charge on any atom is 0.0415 e. The van der Waals surface area contributed by atoms with Gasteiger partial charge in [0.15, 0.2) is 0 Å². The van der Waals surface area contributed by atoms with Gasteiger partial charge in [0.05, 0.1) is 0 Å². The molecule has 0 spiro atoms. The fourth-order valence-corrected chi connectivity index (χ4v) is 3.41. The number of nitrogens with one attached hydrogen (secondary N) is 1. The Morgan fingerprint density at radius 1 is 0.850 bits per heavy atom. The van der Waals surface area contributed by atoms with Crippen molar-refractivity contribution in [1.82, 2.24) is 5.32 Å². The molecule has 0 aliphatic rings. The predicted molar refractivity (Wildman–Crippen MR) is 86.9 cm³/mol. The van der Waals surface area contributed by atoms with Crippen LogP contribution in [0.15, 0.2) is 60.7 Å². The highest BCUT2D eigenvalue weighted by Gasteiger charge is 2.37. The van der Waals surface area contributed by atoms with Crippen molar-refractivity contribution in [3.8, 4) is 0 Å². The first-order valence-corrected chi connectivity index (χ1v) is 7.56. The van der Waals surface area contributed by atoms with Crippen LogP contribution in [0.25, 0.3) is 0 Å². The summed E-state index contributed by atoms with van der Waals surface area (Å²) in [4.78, 5) is 0. The molecule has 0 radical (unpaired) electrons. The molecule has 106 valence electrons. The standard InChI is InChI=1S/C19H25N/c1-4-19(5-2,17-14-10-7-11-15-17)18(20-3)16-12-8-6-9-13-16/h6-15,18,20H,4-5H2,1-3H3. The Hall–Kier alpha value is -1.60. The smallest absolute Gasteiger partial charge is 0.0415 e. The van der Waals surface area contributed by atoms with E-state index in [1.54, 1.807) is 0 Å². The van der Waals surface area contributed by atoms with E-state index in [0.717, 1.165) is 12.8 Å². The SMILES string of the molecule is CCC(CC)(c1ccccc1)C(NC)c1ccccc1. The predicted octanol–water partition coefficient (Wildman–Crippen LogP) is 4.71. The lowest BCUT2D eigenvalue weighted by atomic mass is 9.68. The quantitative estimate of drug-likeness (QED) is 0.799. The fourth-order valence-electron chi connectivity index (χ4n) is 3.41. The van der Waals surface area contributed by atoms with E-state index in [1.165, 1.54) is 11.1 Å². The molecule has 2 aromatic carbocycles. The van der Waals surface area contributed by atoms with Crippen molar-refractivity contribution in [3.05, 3.63) is 71.8 Å². The summed E-state index contributed by atoms with van der Waals surface area (Å²) in [7, 11) is 2.07. The van der Waals surface area contributed by atoms with Gasteiger partial charge in [0, 0.05) is 11.5 Å². The van der Waals surface area contributed by atoms with E-state index in [4.69, 9.17) is 0 Å². The minimum atomic E-state index is 0.136. The second kappa shape index (κ2) is 6.71. The van der Waals surface area contributed by atoms with Gasteiger partial charge in [0.1, 0.15) is 0 Å². The van der Waals surface area contributed by atoms with E-state index < -0.39 is 0 Å². The van der Waals surface area contributed by atoms with E-state index >= 15 is 0 Å². The van der Waals surface area contributed by atoms with E-state index in [0.29, 0.717) is 6.04 Å². The minimum Gasteiger partial charge on any atom is -0.312 e. The fraction of sp³-hybridized carbons (Fsp3) is 0.368. The van der Waals surface area contributed by atoms with Crippen LogP contribution in [0.4, 0.5) is 0 Å². The van der Waals surface area contributed by atoms with Gasteiger partial charge in [-0.15, -0.1) is 0 Å². The molecular weight excluding hydrogens is 242 g/mol. The second-order valence-corrected chi connectivity index (χ2v) is 5.36. The molecule has 1 heteroatoms. The first-order chi connectivity index (χ1) is 9.78. The van der Waals surface area contributed by atoms with Crippen LogP contribution in [-0.4, -0.2) is 7.05 Å². The first-order valence-electron chi connectivity index (χ1n) is 7.56. The number of benzene rings is 2. The Balaban J connectivity index is 2.51. The van der Waals surface area contributed by atoms with Gasteiger partial charge in [-0.1, -0.05) is 74.5 Å². The zero-order chi connectivity index (χ0) is 14.4. The molecule has 1 nitrogen and oxygen atoms in total. The molecular formula is C19H25N. The molecule has 20 heavy (non-hydrogen) atoms. The van der Waals surface area contributed by atoms with Crippen LogP contribution in [0, 0.1) is 0 Å². The van der Waals surface area contributed by atoms with Gasteiger partial charge >= 0.3 is 0 Å². The molecule has 2 rings (SSSR count). The van der Waals surface area contributed by atoms with Crippen molar-refractivity contribution < 1.29 is 0 Å². The van der Waals surface area contributed by atoms with E-state index in [-0.39, 0.29) is 5.41 Å². The third-order valence-electron chi connectivity index (χ3n) is 4.58. The van der Waals surface area contributed by atoms with Gasteiger partial charge in [-0.25, -0.2) is 0 Å². The normalized spacial score (nSPS) is 13.2. The van der Waals surface area contributed by atoms with Crippen LogP contribution >= 0.6 is 0 Å². The maximum atomic E-state index is 3.56. The molecule has 0 amide bonds. The van der Waals surface area contributed by atoms with Crippen molar-refractivity contribution in [2.24, 2.45) is 0 Å². The van der Waals surface area contributed by atoms with E-state index in [2.05, 4.69) is 86.9 Å². The Morgan fingerprint density at radius 2 is 1.35 bits per heavy atom. The number of hydrogen-bond donors (Lipinski definition) is 1. The van der Waals surface area contributed by atoms with Crippen molar-refractivity contribution >= 4 is 0 Å². The Morgan fingerprint density at radius 3 is 1.80 bits per heavy atom. The third kappa shape index (κ3) is 2.64. The van der Waals surface area contributed by atoms with Gasteiger partial charge in [-0.2, -0.15) is 0 Å². The zero-order valence-electron chi connectivity index (χ0n) is 12.8. The molecule has 0 aliphatic carbocycles. The first kappa shape index (κ1) is 14.8. The summed E-state index contributed by atoms with van der Waals surface area (Å²) in [6, 6.07) is 22.0. The molecule has 0 aliphatic heterocycles. The second-order valence-electron chi connectivity index (χ2n) is 5.36. The molecule has 0 fully saturated rings. The summed E-state index contributed by atoms with van der Waals surface area (Å²) in [6.07, 6.45) is 2.24. The third-order valence-corrected chi connectivity index (χ3v) is 4.58. The van der Waals surface area contributed by atoms with Crippen LogP contribution < -0.4 is 5.32 Å². The molecule has 0 bridgehead atoms. The van der Waals surface area contributed by atoms with E-state index in [9.17, 15) is 0 Å². The van der Waals surface area contributed by atoms with Gasteiger partial charge in [0.2, 0.25) is 0 Å². The van der Waals surface area contributed by atoms with Gasteiger partial charge in [0.25, 0.3) is 0 Å². The lowest BCUT2D eigenvalue weighted by Gasteiger charge is -2.40. The zero-order valence-corrected chi connectivity index (χ0v) is 12.8. The van der Waals surface area contributed by atoms with Crippen molar-refractivity contribution in [2.75, 3.05) is 7.05 Å². The highest BCUT2D eigenvalue weighted by molar-refractivity contribution is 5.33. The molecule has 0 saturated heterocycles. The Kier molecular flexibility index (Phi) is 4.97. The average molecular weight is 267 g/mol. The maximum absolute atomic E-state index is 3.56. The van der Waals surface area contributed by atoms with Crippen molar-refractivity contribution in [1.29, 1.82) is 0 Å². The minimum absolute atomic E-state index is 0.136. The molecule has 2 aromatic rings.